The minimum Gasteiger partial charge on any atom is -0.355 e. The Balaban J connectivity index is 2.64. The van der Waals surface area contributed by atoms with Crippen molar-refractivity contribution in [1.82, 2.24) is 5.32 Å². The number of hydrogen-bond acceptors (Lipinski definition) is 3. The molecule has 1 aliphatic heterocycles. The lowest BCUT2D eigenvalue weighted by molar-refractivity contribution is -0.141. The summed E-state index contributed by atoms with van der Waals surface area (Å²) in [7, 11) is 0. The first-order valence-electron chi connectivity index (χ1n) is 6.96. The normalized spacial score (nSPS) is 22.8. The fourth-order valence-corrected chi connectivity index (χ4v) is 2.34. The predicted octanol–water partition coefficient (Wildman–Crippen LogP) is 2.01. The Morgan fingerprint density at radius 2 is 1.33 bits per heavy atom. The van der Waals surface area contributed by atoms with Crippen LogP contribution in [0.4, 0.5) is 0 Å². The molecule has 1 amide bonds. The van der Waals surface area contributed by atoms with E-state index >= 15 is 0 Å². The van der Waals surface area contributed by atoms with Gasteiger partial charge in [-0.2, -0.15) is 0 Å². The number of amides is 1. The Morgan fingerprint density at radius 3 is 1.89 bits per heavy atom. The molecule has 0 bridgehead atoms. The quantitative estimate of drug-likeness (QED) is 0.605. The van der Waals surface area contributed by atoms with Gasteiger partial charge in [-0.25, -0.2) is 0 Å². The van der Waals surface area contributed by atoms with E-state index in [1.54, 1.807) is 0 Å². The summed E-state index contributed by atoms with van der Waals surface area (Å²) < 4.78 is 0. The van der Waals surface area contributed by atoms with Crippen molar-refractivity contribution in [2.75, 3.05) is 6.54 Å². The van der Waals surface area contributed by atoms with Crippen molar-refractivity contribution < 1.29 is 14.4 Å². The van der Waals surface area contributed by atoms with E-state index in [2.05, 4.69) is 5.32 Å². The Labute approximate surface area is 109 Å². The van der Waals surface area contributed by atoms with E-state index in [0.717, 1.165) is 32.1 Å². The second-order valence-corrected chi connectivity index (χ2v) is 5.11. The van der Waals surface area contributed by atoms with E-state index in [-0.39, 0.29) is 0 Å². The molecule has 0 radical (unpaired) electrons. The van der Waals surface area contributed by atoms with Gasteiger partial charge in [-0.1, -0.05) is 44.9 Å². The molecular weight excluding hydrogens is 230 g/mol. The van der Waals surface area contributed by atoms with Gasteiger partial charge in [0.1, 0.15) is 12.6 Å². The minimum atomic E-state index is -1.45. The number of rotatable bonds is 2. The maximum atomic E-state index is 11.9. The van der Waals surface area contributed by atoms with Gasteiger partial charge in [-0.15, -0.1) is 0 Å². The summed E-state index contributed by atoms with van der Waals surface area (Å²) in [6.45, 7) is 0.558. The van der Waals surface area contributed by atoms with Crippen LogP contribution in [-0.4, -0.2) is 25.0 Å². The Kier molecular flexibility index (Phi) is 6.61. The molecule has 0 spiro atoms. The average Bonchev–Trinajstić information content (AvgIpc) is 2.41. The third-order valence-electron chi connectivity index (χ3n) is 3.65. The zero-order chi connectivity index (χ0) is 13.3. The molecule has 0 aromatic carbocycles. The van der Waals surface area contributed by atoms with Gasteiger partial charge in [0.25, 0.3) is 0 Å². The lowest BCUT2D eigenvalue weighted by Gasteiger charge is -2.20. The standard InChI is InChI=1S/C14H23NO3/c16-11-14(12-17)9-7-5-3-1-2-4-6-8-10-15-13(14)18/h11-12H,1-10H2,(H,15,18). The summed E-state index contributed by atoms with van der Waals surface area (Å²) in [5.41, 5.74) is -1.45. The molecule has 1 rings (SSSR count). The molecule has 1 aliphatic rings. The smallest absolute Gasteiger partial charge is 0.240 e. The number of nitrogens with one attached hydrogen (secondary N) is 1. The lowest BCUT2D eigenvalue weighted by atomic mass is 9.84. The van der Waals surface area contributed by atoms with E-state index in [0.29, 0.717) is 25.5 Å². The van der Waals surface area contributed by atoms with Crippen LogP contribution in [-0.2, 0) is 14.4 Å². The molecular formula is C14H23NO3. The van der Waals surface area contributed by atoms with Gasteiger partial charge in [-0.05, 0) is 12.8 Å². The van der Waals surface area contributed by atoms with Gasteiger partial charge in [0, 0.05) is 6.54 Å². The summed E-state index contributed by atoms with van der Waals surface area (Å²) in [5, 5.41) is 2.71. The summed E-state index contributed by atoms with van der Waals surface area (Å²) in [4.78, 5) is 34.2. The second kappa shape index (κ2) is 8.01. The summed E-state index contributed by atoms with van der Waals surface area (Å²) in [6, 6.07) is 0. The van der Waals surface area contributed by atoms with Crippen LogP contribution >= 0.6 is 0 Å². The molecule has 0 aromatic rings. The first kappa shape index (κ1) is 14.9. The van der Waals surface area contributed by atoms with Crippen molar-refractivity contribution in [1.29, 1.82) is 0 Å². The molecule has 4 heteroatoms. The highest BCUT2D eigenvalue weighted by Gasteiger charge is 2.37. The lowest BCUT2D eigenvalue weighted by Crippen LogP contribution is -2.43. The number of carbonyl (C=O) groups excluding carboxylic acids is 3. The molecule has 0 saturated carbocycles. The second-order valence-electron chi connectivity index (χ2n) is 5.11. The Bertz CT molecular complexity index is 281. The highest BCUT2D eigenvalue weighted by molar-refractivity contribution is 6.10. The number of carbonyl (C=O) groups is 3. The summed E-state index contributed by atoms with van der Waals surface area (Å²) in [5.74, 6) is -0.424. The van der Waals surface area contributed by atoms with Crippen molar-refractivity contribution in [2.45, 2.75) is 57.8 Å². The van der Waals surface area contributed by atoms with Crippen molar-refractivity contribution in [3.05, 3.63) is 0 Å². The average molecular weight is 253 g/mol. The van der Waals surface area contributed by atoms with Crippen LogP contribution in [0.5, 0.6) is 0 Å². The van der Waals surface area contributed by atoms with Gasteiger partial charge in [0.05, 0.1) is 0 Å². The predicted molar refractivity (Wildman–Crippen MR) is 69.1 cm³/mol. The zero-order valence-corrected chi connectivity index (χ0v) is 11.0. The maximum absolute atomic E-state index is 11.9. The highest BCUT2D eigenvalue weighted by Crippen LogP contribution is 2.22. The zero-order valence-electron chi connectivity index (χ0n) is 11.0. The molecule has 0 atom stereocenters. The Morgan fingerprint density at radius 1 is 0.833 bits per heavy atom. The molecule has 0 aliphatic carbocycles. The molecule has 1 heterocycles. The fourth-order valence-electron chi connectivity index (χ4n) is 2.34. The van der Waals surface area contributed by atoms with Crippen molar-refractivity contribution >= 4 is 18.5 Å². The molecule has 0 unspecified atom stereocenters. The van der Waals surface area contributed by atoms with Crippen LogP contribution in [0.1, 0.15) is 57.8 Å². The van der Waals surface area contributed by atoms with Crippen LogP contribution in [0.3, 0.4) is 0 Å². The molecule has 1 N–H and O–H groups in total. The van der Waals surface area contributed by atoms with Crippen molar-refractivity contribution in [3.63, 3.8) is 0 Å². The van der Waals surface area contributed by atoms with E-state index < -0.39 is 11.3 Å². The van der Waals surface area contributed by atoms with E-state index in [4.69, 9.17) is 0 Å². The van der Waals surface area contributed by atoms with E-state index in [1.807, 2.05) is 0 Å². The van der Waals surface area contributed by atoms with Crippen LogP contribution in [0.15, 0.2) is 0 Å². The first-order valence-corrected chi connectivity index (χ1v) is 6.96. The number of aldehydes is 2. The highest BCUT2D eigenvalue weighted by atomic mass is 16.2. The molecule has 18 heavy (non-hydrogen) atoms. The van der Waals surface area contributed by atoms with Crippen LogP contribution in [0.25, 0.3) is 0 Å². The molecule has 1 saturated heterocycles. The molecule has 102 valence electrons. The SMILES string of the molecule is O=CC1(C=O)CCCCCCCCCCNC1=O. The van der Waals surface area contributed by atoms with Gasteiger partial charge >= 0.3 is 0 Å². The minimum absolute atomic E-state index is 0.339. The van der Waals surface area contributed by atoms with Crippen molar-refractivity contribution in [3.8, 4) is 0 Å². The van der Waals surface area contributed by atoms with E-state index in [9.17, 15) is 14.4 Å². The van der Waals surface area contributed by atoms with Crippen LogP contribution in [0.2, 0.25) is 0 Å². The number of hydrogen-bond donors (Lipinski definition) is 1. The maximum Gasteiger partial charge on any atom is 0.240 e. The third-order valence-corrected chi connectivity index (χ3v) is 3.65. The Hall–Kier alpha value is -1.19. The molecule has 0 aromatic heterocycles. The molecule has 1 fully saturated rings. The summed E-state index contributed by atoms with van der Waals surface area (Å²) in [6.07, 6.45) is 9.86. The third kappa shape index (κ3) is 4.24. The topological polar surface area (TPSA) is 63.2 Å². The van der Waals surface area contributed by atoms with Gasteiger partial charge < -0.3 is 14.9 Å². The summed E-state index contributed by atoms with van der Waals surface area (Å²) >= 11 is 0. The van der Waals surface area contributed by atoms with Gasteiger partial charge in [0.15, 0.2) is 5.41 Å². The molecule has 4 nitrogen and oxygen atoms in total. The van der Waals surface area contributed by atoms with Crippen molar-refractivity contribution in [2.24, 2.45) is 5.41 Å². The largest absolute Gasteiger partial charge is 0.355 e. The van der Waals surface area contributed by atoms with Crippen LogP contribution in [0, 0.1) is 5.41 Å². The van der Waals surface area contributed by atoms with Gasteiger partial charge in [0.2, 0.25) is 5.91 Å². The van der Waals surface area contributed by atoms with Crippen LogP contribution < -0.4 is 5.32 Å². The monoisotopic (exact) mass is 253 g/mol. The van der Waals surface area contributed by atoms with Gasteiger partial charge in [-0.3, -0.25) is 4.79 Å². The fraction of sp³-hybridized carbons (Fsp3) is 0.786. The van der Waals surface area contributed by atoms with E-state index in [1.165, 1.54) is 19.3 Å². The first-order chi connectivity index (χ1) is 8.75.